The highest BCUT2D eigenvalue weighted by Gasteiger charge is 2.34. The van der Waals surface area contributed by atoms with E-state index in [2.05, 4.69) is 97.5 Å². The molecule has 1 aromatic carbocycles. The van der Waals surface area contributed by atoms with Crippen LogP contribution in [0.5, 0.6) is 5.75 Å². The van der Waals surface area contributed by atoms with Gasteiger partial charge < -0.3 is 26.2 Å². The number of allylic oxidation sites excluding steroid dienone is 10. The zero-order valence-corrected chi connectivity index (χ0v) is 29.8. The molecule has 1 rings (SSSR count). The second kappa shape index (κ2) is 24.5. The average Bonchev–Trinajstić information content (AvgIpc) is 3.05. The number of aromatic hydroxyl groups is 1. The minimum atomic E-state index is -1.29. The van der Waals surface area contributed by atoms with Gasteiger partial charge in [-0.25, -0.2) is 9.59 Å². The van der Waals surface area contributed by atoms with Crippen molar-refractivity contribution in [2.24, 2.45) is 11.8 Å². The minimum absolute atomic E-state index is 0.0334. The van der Waals surface area contributed by atoms with E-state index in [9.17, 15) is 19.5 Å². The third-order valence-electron chi connectivity index (χ3n) is 7.67. The molecule has 260 valence electrons. The lowest BCUT2D eigenvalue weighted by Crippen LogP contribution is -2.46. The number of carbonyl (C=O) groups excluding carboxylic acids is 2. The van der Waals surface area contributed by atoms with Crippen LogP contribution >= 0.6 is 11.8 Å². The van der Waals surface area contributed by atoms with Crippen LogP contribution in [0.4, 0.5) is 10.5 Å². The highest BCUT2D eigenvalue weighted by atomic mass is 32.2. The van der Waals surface area contributed by atoms with Gasteiger partial charge >= 0.3 is 12.0 Å². The number of phenols is 1. The lowest BCUT2D eigenvalue weighted by Gasteiger charge is -2.29. The first kappa shape index (κ1) is 41.3. The summed E-state index contributed by atoms with van der Waals surface area (Å²) in [7, 11) is 0. The van der Waals surface area contributed by atoms with E-state index in [1.807, 2.05) is 13.8 Å². The Morgan fingerprint density at radius 1 is 0.851 bits per heavy atom. The maximum Gasteiger partial charge on any atom is 0.339 e. The number of benzene rings is 1. The van der Waals surface area contributed by atoms with E-state index in [1.54, 1.807) is 11.8 Å². The maximum absolute atomic E-state index is 13.1. The fraction of sp³-hybridized carbons (Fsp3) is 0.500. The molecule has 47 heavy (non-hydrogen) atoms. The zero-order chi connectivity index (χ0) is 34.9. The van der Waals surface area contributed by atoms with Gasteiger partial charge in [0.2, 0.25) is 5.91 Å². The van der Waals surface area contributed by atoms with Crippen LogP contribution in [0.15, 0.2) is 79.0 Å². The maximum atomic E-state index is 13.1. The van der Waals surface area contributed by atoms with Gasteiger partial charge in [-0.2, -0.15) is 0 Å². The lowest BCUT2D eigenvalue weighted by atomic mass is 9.94. The molecule has 3 amide bonds. The molecule has 0 aliphatic carbocycles. The van der Waals surface area contributed by atoms with Crippen LogP contribution in [-0.2, 0) is 4.79 Å². The third-order valence-corrected chi connectivity index (χ3v) is 9.48. The molecule has 1 atom stereocenters. The van der Waals surface area contributed by atoms with E-state index in [0.29, 0.717) is 24.7 Å². The zero-order valence-electron chi connectivity index (χ0n) is 29.0. The Balaban J connectivity index is 2.38. The lowest BCUT2D eigenvalue weighted by molar-refractivity contribution is -0.123. The number of anilines is 1. The summed E-state index contributed by atoms with van der Waals surface area (Å²) in [5, 5.41) is 26.9. The molecule has 0 bridgehead atoms. The van der Waals surface area contributed by atoms with Gasteiger partial charge in [-0.05, 0) is 87.2 Å². The highest BCUT2D eigenvalue weighted by Crippen LogP contribution is 2.33. The highest BCUT2D eigenvalue weighted by molar-refractivity contribution is 8.01. The Hall–Kier alpha value is -3.72. The van der Waals surface area contributed by atoms with Gasteiger partial charge in [-0.15, -0.1) is 11.8 Å². The third kappa shape index (κ3) is 17.1. The van der Waals surface area contributed by atoms with E-state index in [0.717, 1.165) is 44.3 Å². The molecule has 8 nitrogen and oxygen atoms in total. The molecule has 0 saturated heterocycles. The van der Waals surface area contributed by atoms with Crippen LogP contribution < -0.4 is 16.0 Å². The number of unbranched alkanes of at least 4 members (excludes halogenated alkanes) is 1. The molecule has 0 spiro atoms. The second-order valence-corrected chi connectivity index (χ2v) is 13.1. The van der Waals surface area contributed by atoms with Crippen LogP contribution in [0.3, 0.4) is 0 Å². The molecule has 0 fully saturated rings. The van der Waals surface area contributed by atoms with E-state index in [4.69, 9.17) is 5.11 Å². The number of urea groups is 1. The number of hydrogen-bond donors (Lipinski definition) is 5. The van der Waals surface area contributed by atoms with Crippen molar-refractivity contribution in [1.29, 1.82) is 0 Å². The van der Waals surface area contributed by atoms with E-state index in [-0.39, 0.29) is 36.0 Å². The topological polar surface area (TPSA) is 128 Å². The molecule has 0 saturated carbocycles. The molecular formula is C38H57N3O5S. The van der Waals surface area contributed by atoms with Crippen LogP contribution in [0.25, 0.3) is 0 Å². The van der Waals surface area contributed by atoms with Crippen molar-refractivity contribution < 1.29 is 24.6 Å². The summed E-state index contributed by atoms with van der Waals surface area (Å²) in [6.07, 6.45) is 29.7. The molecular weight excluding hydrogens is 611 g/mol. The van der Waals surface area contributed by atoms with E-state index < -0.39 is 16.7 Å². The quantitative estimate of drug-likeness (QED) is 0.0450. The molecule has 9 heteroatoms. The Labute approximate surface area is 287 Å². The van der Waals surface area contributed by atoms with Gasteiger partial charge in [-0.3, -0.25) is 4.79 Å². The van der Waals surface area contributed by atoms with Crippen LogP contribution in [0.2, 0.25) is 0 Å². The Bertz CT molecular complexity index is 1230. The number of thioether (sulfide) groups is 1. The SMILES string of the molecule is CCC=CCC=CCC=CC(C=CCC=CCCCSC(CC)(CC)C(=O)NCCNC(=O)Nc1ccc(O)c(C(=O)O)c1)C(C)C. The van der Waals surface area contributed by atoms with Crippen molar-refractivity contribution in [3.05, 3.63) is 84.5 Å². The van der Waals surface area contributed by atoms with Crippen LogP contribution in [-0.4, -0.2) is 51.7 Å². The fourth-order valence-electron chi connectivity index (χ4n) is 4.67. The predicted molar refractivity (Wildman–Crippen MR) is 198 cm³/mol. The first-order chi connectivity index (χ1) is 22.6. The molecule has 0 aliphatic heterocycles. The predicted octanol–water partition coefficient (Wildman–Crippen LogP) is 9.03. The summed E-state index contributed by atoms with van der Waals surface area (Å²) < 4.78 is -0.519. The standard InChI is InChI=1S/C38H57N3O5S/c1-6-9-10-11-12-13-16-19-22-31(30(4)5)23-20-17-14-15-18-21-28-47-38(7-2,8-3)36(45)39-26-27-40-37(46)41-32-24-25-34(42)33(29-32)35(43)44/h9-10,12-15,19-20,22-25,29-31,42H,6-8,11,16-18,21,26-28H2,1-5H3,(H,39,45)(H,43,44)(H2,40,41,46). The number of carboxylic acid groups (broad SMARTS) is 1. The van der Waals surface area contributed by atoms with E-state index >= 15 is 0 Å². The summed E-state index contributed by atoms with van der Waals surface area (Å²) in [4.78, 5) is 36.5. The van der Waals surface area contributed by atoms with Gasteiger partial charge in [0.05, 0.1) is 4.75 Å². The average molecular weight is 668 g/mol. The summed E-state index contributed by atoms with van der Waals surface area (Å²) in [6.45, 7) is 11.2. The molecule has 1 unspecified atom stereocenters. The number of carbonyl (C=O) groups is 3. The number of amides is 3. The Morgan fingerprint density at radius 2 is 1.45 bits per heavy atom. The Kier molecular flexibility index (Phi) is 21.5. The molecule has 0 radical (unpaired) electrons. The first-order valence-corrected chi connectivity index (χ1v) is 17.9. The van der Waals surface area contributed by atoms with Crippen molar-refractivity contribution in [3.63, 3.8) is 0 Å². The summed E-state index contributed by atoms with van der Waals surface area (Å²) in [5.74, 6) is 0.157. The van der Waals surface area contributed by atoms with E-state index in [1.165, 1.54) is 18.2 Å². The van der Waals surface area contributed by atoms with Gasteiger partial charge in [0, 0.05) is 18.8 Å². The number of aromatic carboxylic acids is 1. The fourth-order valence-corrected chi connectivity index (χ4v) is 5.98. The summed E-state index contributed by atoms with van der Waals surface area (Å²) in [6, 6.07) is 3.25. The Morgan fingerprint density at radius 3 is 2.04 bits per heavy atom. The molecule has 5 N–H and O–H groups in total. The first-order valence-electron chi connectivity index (χ1n) is 16.9. The monoisotopic (exact) mass is 667 g/mol. The van der Waals surface area contributed by atoms with Crippen LogP contribution in [0, 0.1) is 11.8 Å². The normalized spacial score (nSPS) is 13.1. The summed E-state index contributed by atoms with van der Waals surface area (Å²) >= 11 is 1.70. The molecule has 0 heterocycles. The smallest absolute Gasteiger partial charge is 0.339 e. The van der Waals surface area contributed by atoms with Gasteiger partial charge in [-0.1, -0.05) is 95.4 Å². The second-order valence-electron chi connectivity index (χ2n) is 11.6. The minimum Gasteiger partial charge on any atom is -0.507 e. The molecule has 0 aromatic heterocycles. The molecule has 1 aromatic rings. The number of nitrogens with one attached hydrogen (secondary N) is 3. The van der Waals surface area contributed by atoms with Gasteiger partial charge in [0.15, 0.2) is 0 Å². The molecule has 0 aliphatic rings. The number of rotatable bonds is 23. The van der Waals surface area contributed by atoms with Gasteiger partial charge in [0.1, 0.15) is 11.3 Å². The largest absolute Gasteiger partial charge is 0.507 e. The van der Waals surface area contributed by atoms with Crippen molar-refractivity contribution in [3.8, 4) is 5.75 Å². The van der Waals surface area contributed by atoms with Crippen molar-refractivity contribution in [1.82, 2.24) is 10.6 Å². The van der Waals surface area contributed by atoms with Gasteiger partial charge in [0.25, 0.3) is 0 Å². The summed E-state index contributed by atoms with van der Waals surface area (Å²) in [5.41, 5.74) is -0.0702. The van der Waals surface area contributed by atoms with Crippen molar-refractivity contribution in [2.75, 3.05) is 24.2 Å². The van der Waals surface area contributed by atoms with Crippen LogP contribution in [0.1, 0.15) is 96.3 Å². The van der Waals surface area contributed by atoms with Crippen molar-refractivity contribution >= 4 is 35.4 Å². The van der Waals surface area contributed by atoms with Crippen molar-refractivity contribution in [2.45, 2.75) is 90.7 Å². The number of carboxylic acids is 1. The number of hydrogen-bond acceptors (Lipinski definition) is 5.